The van der Waals surface area contributed by atoms with Crippen LogP contribution in [0.25, 0.3) is 17.4 Å². The van der Waals surface area contributed by atoms with Crippen molar-refractivity contribution in [3.63, 3.8) is 0 Å². The summed E-state index contributed by atoms with van der Waals surface area (Å²) in [6, 6.07) is 14.0. The van der Waals surface area contributed by atoms with Crippen LogP contribution in [0.3, 0.4) is 0 Å². The minimum Gasteiger partial charge on any atom is -0.462 e. The van der Waals surface area contributed by atoms with Gasteiger partial charge in [0, 0.05) is 30.4 Å². The molecule has 2 heterocycles. The summed E-state index contributed by atoms with van der Waals surface area (Å²) in [6.07, 6.45) is 2.90. The number of nitrogens with one attached hydrogen (secondary N) is 1. The molecule has 182 valence electrons. The highest BCUT2D eigenvalue weighted by molar-refractivity contribution is 6.43. The molecule has 1 aliphatic rings. The van der Waals surface area contributed by atoms with Crippen molar-refractivity contribution >= 4 is 52.5 Å². The Balaban J connectivity index is 1.47. The first-order chi connectivity index (χ1) is 17.0. The Bertz CT molecular complexity index is 1250. The second-order valence-electron chi connectivity index (χ2n) is 7.68. The molecule has 1 saturated heterocycles. The summed E-state index contributed by atoms with van der Waals surface area (Å²) < 4.78 is 16.4. The fourth-order valence-electron chi connectivity index (χ4n) is 3.69. The lowest BCUT2D eigenvalue weighted by atomic mass is 10.1. The predicted molar refractivity (Wildman–Crippen MR) is 137 cm³/mol. The number of amides is 1. The van der Waals surface area contributed by atoms with Gasteiger partial charge in [0.1, 0.15) is 11.5 Å². The molecule has 1 N–H and O–H groups in total. The number of hydrogen-bond donors (Lipinski definition) is 1. The van der Waals surface area contributed by atoms with E-state index in [9.17, 15) is 9.59 Å². The van der Waals surface area contributed by atoms with E-state index in [0.717, 1.165) is 5.69 Å². The van der Waals surface area contributed by atoms with Crippen LogP contribution >= 0.6 is 23.2 Å². The number of esters is 1. The van der Waals surface area contributed by atoms with E-state index in [4.69, 9.17) is 37.1 Å². The Labute approximate surface area is 213 Å². The molecule has 35 heavy (non-hydrogen) atoms. The first-order valence-corrected chi connectivity index (χ1v) is 11.9. The van der Waals surface area contributed by atoms with Crippen LogP contribution in [0.4, 0.5) is 11.4 Å². The van der Waals surface area contributed by atoms with E-state index < -0.39 is 5.97 Å². The maximum absolute atomic E-state index is 12.6. The average molecular weight is 515 g/mol. The zero-order chi connectivity index (χ0) is 24.8. The molecule has 0 spiro atoms. The van der Waals surface area contributed by atoms with E-state index in [1.807, 2.05) is 6.07 Å². The molecule has 1 aromatic heterocycles. The summed E-state index contributed by atoms with van der Waals surface area (Å²) in [5, 5.41) is 3.61. The summed E-state index contributed by atoms with van der Waals surface area (Å²) in [5.41, 5.74) is 2.29. The second kappa shape index (κ2) is 11.4. The van der Waals surface area contributed by atoms with Crippen molar-refractivity contribution in [2.75, 3.05) is 43.1 Å². The molecule has 0 aliphatic carbocycles. The van der Waals surface area contributed by atoms with Gasteiger partial charge >= 0.3 is 5.97 Å². The SMILES string of the molecule is CCOC(=O)c1cc(NC(=O)C=Cc2ccc(-c3cccc(Cl)c3Cl)o2)ccc1N1CCOCC1. The third kappa shape index (κ3) is 6.06. The number of morpholine rings is 1. The average Bonchev–Trinajstić information content (AvgIpc) is 3.34. The number of carbonyl (C=O) groups is 2. The Morgan fingerprint density at radius 3 is 2.69 bits per heavy atom. The third-order valence-electron chi connectivity index (χ3n) is 5.35. The highest BCUT2D eigenvalue weighted by Gasteiger charge is 2.20. The van der Waals surface area contributed by atoms with Crippen LogP contribution in [-0.4, -0.2) is 44.8 Å². The van der Waals surface area contributed by atoms with Gasteiger partial charge in [-0.3, -0.25) is 4.79 Å². The minimum absolute atomic E-state index is 0.256. The van der Waals surface area contributed by atoms with Gasteiger partial charge in [0.05, 0.1) is 41.1 Å². The van der Waals surface area contributed by atoms with E-state index in [0.29, 0.717) is 64.7 Å². The first-order valence-electron chi connectivity index (χ1n) is 11.1. The lowest BCUT2D eigenvalue weighted by Gasteiger charge is -2.30. The van der Waals surface area contributed by atoms with Crippen molar-refractivity contribution in [1.82, 2.24) is 0 Å². The van der Waals surface area contributed by atoms with Crippen molar-refractivity contribution in [2.24, 2.45) is 0 Å². The molecule has 1 amide bonds. The maximum atomic E-state index is 12.6. The standard InChI is InChI=1S/C26H24Cl2N2O5/c1-2-34-26(32)20-16-17(6-9-22(20)30-12-14-33-15-13-30)29-24(31)11-8-18-7-10-23(35-18)19-4-3-5-21(27)25(19)28/h3-11,16H,2,12-15H2,1H3,(H,29,31). The number of hydrogen-bond acceptors (Lipinski definition) is 6. The van der Waals surface area contributed by atoms with Crippen molar-refractivity contribution < 1.29 is 23.5 Å². The molecule has 0 saturated carbocycles. The largest absolute Gasteiger partial charge is 0.462 e. The van der Waals surface area contributed by atoms with Gasteiger partial charge in [-0.1, -0.05) is 29.3 Å². The molecule has 3 aromatic rings. The van der Waals surface area contributed by atoms with Gasteiger partial charge in [0.25, 0.3) is 0 Å². The summed E-state index contributed by atoms with van der Waals surface area (Å²) in [6.45, 7) is 4.53. The third-order valence-corrected chi connectivity index (χ3v) is 6.17. The van der Waals surface area contributed by atoms with Crippen molar-refractivity contribution in [3.05, 3.63) is 76.0 Å². The molecule has 9 heteroatoms. The Morgan fingerprint density at radius 1 is 1.11 bits per heavy atom. The summed E-state index contributed by atoms with van der Waals surface area (Å²) in [4.78, 5) is 27.2. The second-order valence-corrected chi connectivity index (χ2v) is 8.46. The van der Waals surface area contributed by atoms with Crippen LogP contribution in [0.15, 0.2) is 59.0 Å². The van der Waals surface area contributed by atoms with Gasteiger partial charge in [-0.05, 0) is 55.5 Å². The molecule has 0 bridgehead atoms. The molecule has 0 unspecified atom stereocenters. The lowest BCUT2D eigenvalue weighted by Crippen LogP contribution is -2.37. The van der Waals surface area contributed by atoms with E-state index in [1.165, 1.54) is 6.08 Å². The van der Waals surface area contributed by atoms with Gasteiger partial charge in [0.15, 0.2) is 0 Å². The monoisotopic (exact) mass is 514 g/mol. The zero-order valence-electron chi connectivity index (χ0n) is 19.1. The van der Waals surface area contributed by atoms with Crippen LogP contribution in [0.5, 0.6) is 0 Å². The quantitative estimate of drug-likeness (QED) is 0.311. The topological polar surface area (TPSA) is 81.0 Å². The molecule has 0 atom stereocenters. The Morgan fingerprint density at radius 2 is 1.91 bits per heavy atom. The number of nitrogens with zero attached hydrogens (tertiary/aromatic N) is 1. The number of benzene rings is 2. The van der Waals surface area contributed by atoms with E-state index >= 15 is 0 Å². The summed E-state index contributed by atoms with van der Waals surface area (Å²) in [5.74, 6) is 0.192. The van der Waals surface area contributed by atoms with Crippen LogP contribution in [0, 0.1) is 0 Å². The fourth-order valence-corrected chi connectivity index (χ4v) is 4.08. The molecule has 0 radical (unpaired) electrons. The first kappa shape index (κ1) is 24.9. The number of rotatable bonds is 7. The van der Waals surface area contributed by atoms with Crippen LogP contribution in [0.2, 0.25) is 10.0 Å². The number of furan rings is 1. The van der Waals surface area contributed by atoms with Crippen molar-refractivity contribution in [3.8, 4) is 11.3 Å². The van der Waals surface area contributed by atoms with E-state index in [1.54, 1.807) is 55.5 Å². The van der Waals surface area contributed by atoms with Gasteiger partial charge in [-0.15, -0.1) is 0 Å². The molecule has 4 rings (SSSR count). The van der Waals surface area contributed by atoms with Crippen LogP contribution in [0.1, 0.15) is 23.0 Å². The number of anilines is 2. The van der Waals surface area contributed by atoms with Crippen LogP contribution in [-0.2, 0) is 14.3 Å². The predicted octanol–water partition coefficient (Wildman–Crippen LogP) is 5.92. The van der Waals surface area contributed by atoms with E-state index in [2.05, 4.69) is 10.2 Å². The Kier molecular flexibility index (Phi) is 8.13. The molecule has 1 aliphatic heterocycles. The normalized spacial score (nSPS) is 13.7. The molecule has 1 fully saturated rings. The summed E-state index contributed by atoms with van der Waals surface area (Å²) in [7, 11) is 0. The molecule has 7 nitrogen and oxygen atoms in total. The van der Waals surface area contributed by atoms with E-state index in [-0.39, 0.29) is 12.5 Å². The Hall–Kier alpha value is -3.26. The van der Waals surface area contributed by atoms with Gasteiger partial charge in [0.2, 0.25) is 5.91 Å². The summed E-state index contributed by atoms with van der Waals surface area (Å²) >= 11 is 12.3. The maximum Gasteiger partial charge on any atom is 0.340 e. The van der Waals surface area contributed by atoms with Gasteiger partial charge in [-0.25, -0.2) is 4.79 Å². The van der Waals surface area contributed by atoms with Crippen molar-refractivity contribution in [2.45, 2.75) is 6.92 Å². The number of halogens is 2. The smallest absolute Gasteiger partial charge is 0.340 e. The van der Waals surface area contributed by atoms with Gasteiger partial charge < -0.3 is 24.1 Å². The van der Waals surface area contributed by atoms with Crippen molar-refractivity contribution in [1.29, 1.82) is 0 Å². The number of carbonyl (C=O) groups excluding carboxylic acids is 2. The zero-order valence-corrected chi connectivity index (χ0v) is 20.6. The minimum atomic E-state index is -0.441. The number of ether oxygens (including phenoxy) is 2. The van der Waals surface area contributed by atoms with Crippen LogP contribution < -0.4 is 10.2 Å². The fraction of sp³-hybridized carbons (Fsp3) is 0.231. The lowest BCUT2D eigenvalue weighted by molar-refractivity contribution is -0.111. The molecule has 2 aromatic carbocycles. The molecular formula is C26H24Cl2N2O5. The van der Waals surface area contributed by atoms with Gasteiger partial charge in [-0.2, -0.15) is 0 Å². The highest BCUT2D eigenvalue weighted by Crippen LogP contribution is 2.34. The molecular weight excluding hydrogens is 491 g/mol. The highest BCUT2D eigenvalue weighted by atomic mass is 35.5.